The van der Waals surface area contributed by atoms with Gasteiger partial charge in [0.15, 0.2) is 0 Å². The SMILES string of the molecule is COCC(O)CN1CCC(NC(C)c2ccc(C(C)C)cc2)CC1. The van der Waals surface area contributed by atoms with Crippen LogP contribution in [-0.4, -0.2) is 55.5 Å². The van der Waals surface area contributed by atoms with Crippen molar-refractivity contribution in [3.8, 4) is 0 Å². The molecule has 0 aliphatic carbocycles. The number of benzene rings is 1. The summed E-state index contributed by atoms with van der Waals surface area (Å²) in [7, 11) is 1.63. The van der Waals surface area contributed by atoms with Crippen LogP contribution in [0.25, 0.3) is 0 Å². The minimum atomic E-state index is -0.377. The van der Waals surface area contributed by atoms with Crippen LogP contribution in [0.15, 0.2) is 24.3 Å². The Kier molecular flexibility index (Phi) is 7.69. The summed E-state index contributed by atoms with van der Waals surface area (Å²) in [4.78, 5) is 2.34. The monoisotopic (exact) mass is 334 g/mol. The molecule has 0 aromatic heterocycles. The minimum absolute atomic E-state index is 0.377. The standard InChI is InChI=1S/C20H34N2O2/c1-15(2)17-5-7-18(8-6-17)16(3)21-19-9-11-22(12-10-19)13-20(23)14-24-4/h5-8,15-16,19-21,23H,9-14H2,1-4H3. The van der Waals surface area contributed by atoms with E-state index in [0.717, 1.165) is 25.9 Å². The Hall–Kier alpha value is -0.940. The maximum atomic E-state index is 9.84. The fraction of sp³-hybridized carbons (Fsp3) is 0.700. The maximum absolute atomic E-state index is 9.84. The van der Waals surface area contributed by atoms with Gasteiger partial charge in [-0.2, -0.15) is 0 Å². The zero-order valence-electron chi connectivity index (χ0n) is 15.7. The Bertz CT molecular complexity index is 467. The lowest BCUT2D eigenvalue weighted by molar-refractivity contribution is 0.0308. The molecule has 2 N–H and O–H groups in total. The van der Waals surface area contributed by atoms with E-state index in [-0.39, 0.29) is 6.10 Å². The molecular formula is C20H34N2O2. The number of nitrogens with zero attached hydrogens (tertiary/aromatic N) is 1. The Morgan fingerprint density at radius 1 is 1.12 bits per heavy atom. The molecule has 2 unspecified atom stereocenters. The topological polar surface area (TPSA) is 44.7 Å². The van der Waals surface area contributed by atoms with Gasteiger partial charge in [-0.25, -0.2) is 0 Å². The number of nitrogens with one attached hydrogen (secondary N) is 1. The van der Waals surface area contributed by atoms with Crippen molar-refractivity contribution in [1.82, 2.24) is 10.2 Å². The van der Waals surface area contributed by atoms with E-state index in [0.29, 0.717) is 31.2 Å². The molecule has 0 saturated carbocycles. The number of β-amino-alcohol motifs (C(OH)–C–C–N with tert-alkyl or cyclic N) is 1. The van der Waals surface area contributed by atoms with E-state index in [1.54, 1.807) is 7.11 Å². The summed E-state index contributed by atoms with van der Waals surface area (Å²) >= 11 is 0. The fourth-order valence-electron chi connectivity index (χ4n) is 3.44. The van der Waals surface area contributed by atoms with Gasteiger partial charge in [0.1, 0.15) is 0 Å². The number of piperidine rings is 1. The Morgan fingerprint density at radius 2 is 1.71 bits per heavy atom. The van der Waals surface area contributed by atoms with Crippen LogP contribution in [0, 0.1) is 0 Å². The summed E-state index contributed by atoms with van der Waals surface area (Å²) in [6.45, 7) is 9.92. The van der Waals surface area contributed by atoms with E-state index < -0.39 is 0 Å². The molecule has 1 aromatic rings. The first-order valence-corrected chi connectivity index (χ1v) is 9.24. The highest BCUT2D eigenvalue weighted by atomic mass is 16.5. The van der Waals surface area contributed by atoms with E-state index >= 15 is 0 Å². The molecule has 2 atom stereocenters. The summed E-state index contributed by atoms with van der Waals surface area (Å²) in [6.07, 6.45) is 1.89. The molecule has 4 heteroatoms. The van der Waals surface area contributed by atoms with E-state index in [4.69, 9.17) is 4.74 Å². The van der Waals surface area contributed by atoms with Gasteiger partial charge in [-0.05, 0) is 49.9 Å². The lowest BCUT2D eigenvalue weighted by atomic mass is 9.98. The zero-order valence-corrected chi connectivity index (χ0v) is 15.7. The molecule has 1 heterocycles. The van der Waals surface area contributed by atoms with Crippen molar-refractivity contribution in [2.24, 2.45) is 0 Å². The van der Waals surface area contributed by atoms with Gasteiger partial charge in [-0.1, -0.05) is 38.1 Å². The van der Waals surface area contributed by atoms with Gasteiger partial charge >= 0.3 is 0 Å². The van der Waals surface area contributed by atoms with Gasteiger partial charge in [0, 0.05) is 25.7 Å². The highest BCUT2D eigenvalue weighted by Gasteiger charge is 2.22. The van der Waals surface area contributed by atoms with E-state index in [1.165, 1.54) is 11.1 Å². The molecule has 0 amide bonds. The van der Waals surface area contributed by atoms with Gasteiger partial charge in [-0.3, -0.25) is 0 Å². The van der Waals surface area contributed by atoms with Crippen LogP contribution in [0.2, 0.25) is 0 Å². The first-order valence-electron chi connectivity index (χ1n) is 9.24. The van der Waals surface area contributed by atoms with Gasteiger partial charge in [-0.15, -0.1) is 0 Å². The molecular weight excluding hydrogens is 300 g/mol. The van der Waals surface area contributed by atoms with Crippen LogP contribution in [-0.2, 0) is 4.74 Å². The highest BCUT2D eigenvalue weighted by molar-refractivity contribution is 5.26. The summed E-state index contributed by atoms with van der Waals surface area (Å²) in [5, 5.41) is 13.6. The molecule has 1 aromatic carbocycles. The molecule has 2 rings (SSSR count). The average molecular weight is 335 g/mol. The number of ether oxygens (including phenoxy) is 1. The third kappa shape index (κ3) is 5.85. The van der Waals surface area contributed by atoms with Crippen LogP contribution >= 0.6 is 0 Å². The van der Waals surface area contributed by atoms with Gasteiger partial charge in [0.2, 0.25) is 0 Å². The van der Waals surface area contributed by atoms with Crippen molar-refractivity contribution in [2.45, 2.75) is 57.7 Å². The molecule has 1 saturated heterocycles. The number of hydrogen-bond donors (Lipinski definition) is 2. The van der Waals surface area contributed by atoms with Crippen molar-refractivity contribution < 1.29 is 9.84 Å². The molecule has 1 fully saturated rings. The summed E-state index contributed by atoms with van der Waals surface area (Å²) < 4.78 is 5.00. The average Bonchev–Trinajstić information content (AvgIpc) is 2.57. The van der Waals surface area contributed by atoms with E-state index in [1.807, 2.05) is 0 Å². The molecule has 1 aliphatic heterocycles. The number of aliphatic hydroxyl groups is 1. The number of aliphatic hydroxyl groups excluding tert-OH is 1. The first-order chi connectivity index (χ1) is 11.5. The third-order valence-electron chi connectivity index (χ3n) is 5.00. The second-order valence-electron chi connectivity index (χ2n) is 7.39. The van der Waals surface area contributed by atoms with Gasteiger partial charge in [0.05, 0.1) is 12.7 Å². The predicted molar refractivity (Wildman–Crippen MR) is 99.4 cm³/mol. The van der Waals surface area contributed by atoms with Gasteiger partial charge in [0.25, 0.3) is 0 Å². The molecule has 0 bridgehead atoms. The molecule has 4 nitrogen and oxygen atoms in total. The minimum Gasteiger partial charge on any atom is -0.389 e. The highest BCUT2D eigenvalue weighted by Crippen LogP contribution is 2.20. The lowest BCUT2D eigenvalue weighted by Gasteiger charge is -2.35. The number of methoxy groups -OCH3 is 1. The summed E-state index contributed by atoms with van der Waals surface area (Å²) in [5.74, 6) is 0.583. The molecule has 136 valence electrons. The van der Waals surface area contributed by atoms with Crippen LogP contribution in [0.4, 0.5) is 0 Å². The largest absolute Gasteiger partial charge is 0.389 e. The van der Waals surface area contributed by atoms with Crippen molar-refractivity contribution in [2.75, 3.05) is 33.4 Å². The normalized spacial score (nSPS) is 19.6. The van der Waals surface area contributed by atoms with Crippen molar-refractivity contribution in [3.05, 3.63) is 35.4 Å². The number of rotatable bonds is 8. The lowest BCUT2D eigenvalue weighted by Crippen LogP contribution is -2.46. The number of likely N-dealkylation sites (tertiary alicyclic amines) is 1. The van der Waals surface area contributed by atoms with Crippen LogP contribution < -0.4 is 5.32 Å². The molecule has 0 radical (unpaired) electrons. The van der Waals surface area contributed by atoms with Crippen LogP contribution in [0.3, 0.4) is 0 Å². The summed E-state index contributed by atoms with van der Waals surface area (Å²) in [6, 6.07) is 9.94. The zero-order chi connectivity index (χ0) is 17.5. The number of hydrogen-bond acceptors (Lipinski definition) is 4. The van der Waals surface area contributed by atoms with Crippen LogP contribution in [0.1, 0.15) is 56.7 Å². The Morgan fingerprint density at radius 3 is 2.25 bits per heavy atom. The fourth-order valence-corrected chi connectivity index (χ4v) is 3.44. The molecule has 24 heavy (non-hydrogen) atoms. The summed E-state index contributed by atoms with van der Waals surface area (Å²) in [5.41, 5.74) is 2.76. The molecule has 0 spiro atoms. The first kappa shape index (κ1) is 19.4. The quantitative estimate of drug-likeness (QED) is 0.767. The molecule has 1 aliphatic rings. The van der Waals surface area contributed by atoms with Crippen molar-refractivity contribution in [3.63, 3.8) is 0 Å². The Balaban J connectivity index is 1.76. The third-order valence-corrected chi connectivity index (χ3v) is 5.00. The smallest absolute Gasteiger partial charge is 0.0900 e. The second-order valence-corrected chi connectivity index (χ2v) is 7.39. The van der Waals surface area contributed by atoms with E-state index in [9.17, 15) is 5.11 Å². The van der Waals surface area contributed by atoms with E-state index in [2.05, 4.69) is 55.3 Å². The predicted octanol–water partition coefficient (Wildman–Crippen LogP) is 2.93. The van der Waals surface area contributed by atoms with Gasteiger partial charge < -0.3 is 20.1 Å². The van der Waals surface area contributed by atoms with Crippen LogP contribution in [0.5, 0.6) is 0 Å². The Labute approximate surface area is 147 Å². The second kappa shape index (κ2) is 9.52. The van der Waals surface area contributed by atoms with Crippen molar-refractivity contribution >= 4 is 0 Å². The maximum Gasteiger partial charge on any atom is 0.0900 e. The van der Waals surface area contributed by atoms with Crippen molar-refractivity contribution in [1.29, 1.82) is 0 Å².